The van der Waals surface area contributed by atoms with Gasteiger partial charge in [-0.3, -0.25) is 14.9 Å². The van der Waals surface area contributed by atoms with Crippen LogP contribution in [0.2, 0.25) is 18.1 Å². The lowest BCUT2D eigenvalue weighted by Crippen LogP contribution is -2.72. The van der Waals surface area contributed by atoms with Crippen LogP contribution in [-0.2, 0) is 29.9 Å². The van der Waals surface area contributed by atoms with Crippen molar-refractivity contribution in [3.63, 3.8) is 0 Å². The third-order valence-corrected chi connectivity index (χ3v) is 18.4. The van der Waals surface area contributed by atoms with E-state index in [4.69, 9.17) is 18.6 Å². The Bertz CT molecular complexity index is 2180. The van der Waals surface area contributed by atoms with Gasteiger partial charge >= 0.3 is 18.1 Å². The Balaban J connectivity index is 1.42. The smallest absolute Gasteiger partial charge is 0.507 e. The predicted molar refractivity (Wildman–Crippen MR) is 243 cm³/mol. The van der Waals surface area contributed by atoms with Crippen molar-refractivity contribution in [1.82, 2.24) is 4.90 Å². The summed E-state index contributed by atoms with van der Waals surface area (Å²) in [6.07, 6.45) is 9.13. The number of hydrogen-bond acceptors (Lipinski definition) is 11. The van der Waals surface area contributed by atoms with Crippen LogP contribution in [0, 0.1) is 27.4 Å². The molecule has 2 aliphatic heterocycles. The second-order valence-electron chi connectivity index (χ2n) is 17.6. The number of allylic oxidation sites excluding steroid dienone is 4. The molecule has 5 rings (SSSR count). The molecule has 13 nitrogen and oxygen atoms in total. The van der Waals surface area contributed by atoms with Crippen molar-refractivity contribution >= 4 is 38.0 Å². The average molecular weight is 885 g/mol. The molecule has 340 valence electrons. The summed E-state index contributed by atoms with van der Waals surface area (Å²) in [5.41, 5.74) is 2.41. The molecule has 6 atom stereocenters. The maximum atomic E-state index is 14.3. The number of non-ortho nitro benzene ring substituents is 1. The molecule has 1 unspecified atom stereocenters. The van der Waals surface area contributed by atoms with Gasteiger partial charge in [-0.15, -0.1) is 0 Å². The molecule has 1 fully saturated rings. The molecular weight excluding hydrogens is 821 g/mol. The molecule has 63 heavy (non-hydrogen) atoms. The number of phenols is 1. The standard InChI is InChI=1S/C49H64N2O11Si/c1-11-15-16-18-34-28-40(52)42(39-27-31(7)20-25-37(39)30(5)6)41(29-34)60-48(56)59-26-17-19-38-32(8)44-49(10,33(9)62-63(12-2,13-3)14-4)47(55)50(44)43(38)46(54)61-45(53)35-21-23-36(24-22-35)51(57)58/h17,19,21-24,27-29,32-33,37,39,44,52H,5,11-16,18,20,25-26H2,1-4,6-10H3/b19-17+/t32-,33?,37-,39+,44+,49+/m0/s1. The van der Waals surface area contributed by atoms with E-state index in [0.29, 0.717) is 17.6 Å². The summed E-state index contributed by atoms with van der Waals surface area (Å²) in [5, 5.41) is 22.6. The number of nitrogens with zero attached hydrogens (tertiary/aromatic N) is 2. The normalized spacial score (nSPS) is 22.6. The molecule has 0 radical (unpaired) electrons. The summed E-state index contributed by atoms with van der Waals surface area (Å²) in [4.78, 5) is 66.8. The van der Waals surface area contributed by atoms with Crippen molar-refractivity contribution in [2.75, 3.05) is 6.61 Å². The van der Waals surface area contributed by atoms with Crippen molar-refractivity contribution in [3.8, 4) is 11.5 Å². The Hall–Kier alpha value is -5.34. The van der Waals surface area contributed by atoms with Gasteiger partial charge in [-0.2, -0.15) is 0 Å². The minimum Gasteiger partial charge on any atom is -0.507 e. The van der Waals surface area contributed by atoms with Crippen LogP contribution in [0.25, 0.3) is 0 Å². The molecule has 0 bridgehead atoms. The third-order valence-electron chi connectivity index (χ3n) is 13.7. The summed E-state index contributed by atoms with van der Waals surface area (Å²) in [6.45, 7) is 22.1. The highest BCUT2D eigenvalue weighted by atomic mass is 28.4. The van der Waals surface area contributed by atoms with E-state index in [0.717, 1.165) is 73.5 Å². The molecule has 1 N–H and O–H groups in total. The highest BCUT2D eigenvalue weighted by molar-refractivity contribution is 6.73. The second-order valence-corrected chi connectivity index (χ2v) is 22.3. The number of rotatable bonds is 19. The number of fused-ring (bicyclic) bond motifs is 1. The highest BCUT2D eigenvalue weighted by Gasteiger charge is 2.68. The van der Waals surface area contributed by atoms with E-state index in [1.54, 1.807) is 18.2 Å². The molecule has 0 aromatic heterocycles. The van der Waals surface area contributed by atoms with E-state index in [2.05, 4.69) is 40.3 Å². The molecule has 3 aliphatic rings. The summed E-state index contributed by atoms with van der Waals surface area (Å²) in [5.74, 6) is -2.87. The van der Waals surface area contributed by atoms with Gasteiger partial charge in [-0.25, -0.2) is 14.4 Å². The molecule has 2 heterocycles. The summed E-state index contributed by atoms with van der Waals surface area (Å²) in [7, 11) is -2.16. The number of nitro benzene ring substituents is 1. The number of aryl methyl sites for hydroxylation is 1. The van der Waals surface area contributed by atoms with Gasteiger partial charge in [0.25, 0.3) is 5.69 Å². The lowest BCUT2D eigenvalue weighted by Gasteiger charge is -2.56. The van der Waals surface area contributed by atoms with Crippen molar-refractivity contribution in [2.45, 2.75) is 137 Å². The van der Waals surface area contributed by atoms with E-state index >= 15 is 0 Å². The molecule has 0 saturated carbocycles. The number of carbonyl (C=O) groups is 4. The van der Waals surface area contributed by atoms with Gasteiger partial charge in [0, 0.05) is 29.5 Å². The summed E-state index contributed by atoms with van der Waals surface area (Å²) in [6, 6.07) is 10.3. The van der Waals surface area contributed by atoms with Crippen LogP contribution in [0.4, 0.5) is 10.5 Å². The van der Waals surface area contributed by atoms with Crippen LogP contribution >= 0.6 is 0 Å². The molecule has 2 aromatic rings. The first kappa shape index (κ1) is 48.7. The number of nitro groups is 1. The van der Waals surface area contributed by atoms with Crippen molar-refractivity contribution in [1.29, 1.82) is 0 Å². The maximum absolute atomic E-state index is 14.3. The van der Waals surface area contributed by atoms with Crippen molar-refractivity contribution in [2.24, 2.45) is 17.3 Å². The molecule has 1 amide bonds. The van der Waals surface area contributed by atoms with Gasteiger partial charge in [0.1, 0.15) is 23.8 Å². The first-order valence-corrected chi connectivity index (χ1v) is 24.9. The largest absolute Gasteiger partial charge is 0.514 e. The third kappa shape index (κ3) is 10.1. The average Bonchev–Trinajstić information content (AvgIpc) is 3.53. The van der Waals surface area contributed by atoms with Crippen LogP contribution in [0.15, 0.2) is 83.6 Å². The van der Waals surface area contributed by atoms with Crippen LogP contribution in [0.5, 0.6) is 11.5 Å². The van der Waals surface area contributed by atoms with Crippen molar-refractivity contribution < 1.29 is 47.8 Å². The first-order valence-electron chi connectivity index (χ1n) is 22.3. The van der Waals surface area contributed by atoms with Gasteiger partial charge in [0.2, 0.25) is 5.91 Å². The lowest BCUT2D eigenvalue weighted by atomic mass is 9.65. The quantitative estimate of drug-likeness (QED) is 0.0164. The van der Waals surface area contributed by atoms with Crippen LogP contribution in [0.1, 0.15) is 122 Å². The molecule has 2 aromatic carbocycles. The van der Waals surface area contributed by atoms with Gasteiger partial charge in [-0.05, 0) is 119 Å². The zero-order chi connectivity index (χ0) is 46.4. The number of β-lactam (4-membered cyclic amide) rings is 1. The number of aromatic hydroxyl groups is 1. The second kappa shape index (κ2) is 20.4. The predicted octanol–water partition coefficient (Wildman–Crippen LogP) is 11.0. The minimum absolute atomic E-state index is 0.0303. The topological polar surface area (TPSA) is 172 Å². The number of hydrogen-bond donors (Lipinski definition) is 1. The number of amides is 1. The number of benzene rings is 2. The van der Waals surface area contributed by atoms with Crippen LogP contribution < -0.4 is 4.74 Å². The van der Waals surface area contributed by atoms with E-state index in [-0.39, 0.29) is 52.8 Å². The minimum atomic E-state index is -2.16. The van der Waals surface area contributed by atoms with Crippen molar-refractivity contribution in [3.05, 3.63) is 110 Å². The Morgan fingerprint density at radius 2 is 1.75 bits per heavy atom. The number of phenolic OH excluding ortho intramolecular Hbond substituents is 1. The Labute approximate surface area is 372 Å². The Morgan fingerprint density at radius 3 is 2.35 bits per heavy atom. The fourth-order valence-electron chi connectivity index (χ4n) is 9.62. The van der Waals surface area contributed by atoms with Crippen LogP contribution in [0.3, 0.4) is 0 Å². The monoisotopic (exact) mass is 884 g/mol. The number of unbranched alkanes of at least 4 members (excludes halogenated alkanes) is 2. The highest BCUT2D eigenvalue weighted by Crippen LogP contribution is 2.56. The fraction of sp³-hybridized carbons (Fsp3) is 0.510. The molecule has 1 saturated heterocycles. The van der Waals surface area contributed by atoms with Crippen LogP contribution in [-0.4, -0.2) is 66.0 Å². The molecule has 14 heteroatoms. The lowest BCUT2D eigenvalue weighted by molar-refractivity contribution is -0.384. The molecular formula is C49H64N2O11Si. The molecule has 1 aliphatic carbocycles. The maximum Gasteiger partial charge on any atom is 0.514 e. The van der Waals surface area contributed by atoms with E-state index in [1.165, 1.54) is 28.7 Å². The van der Waals surface area contributed by atoms with Gasteiger partial charge in [0.05, 0.1) is 28.0 Å². The Morgan fingerprint density at radius 1 is 1.08 bits per heavy atom. The number of carbonyl (C=O) groups excluding carboxylic acids is 4. The summed E-state index contributed by atoms with van der Waals surface area (Å²) < 4.78 is 23.6. The first-order chi connectivity index (χ1) is 29.9. The number of esters is 2. The Kier molecular flexibility index (Phi) is 15.8. The fourth-order valence-corrected chi connectivity index (χ4v) is 12.6. The van der Waals surface area contributed by atoms with E-state index in [1.807, 2.05) is 34.6 Å². The zero-order valence-electron chi connectivity index (χ0n) is 38.3. The van der Waals surface area contributed by atoms with E-state index < -0.39 is 54.8 Å². The van der Waals surface area contributed by atoms with Gasteiger partial charge in [0.15, 0.2) is 8.32 Å². The summed E-state index contributed by atoms with van der Waals surface area (Å²) >= 11 is 0. The SMILES string of the molecule is C=C(C)[C@@H]1CCC(C)=C[C@H]1c1c(O)cc(CCCCC)cc1OC(=O)OC/C=C/C1=C(C(=O)OC(=O)c2ccc([N+](=O)[O-])cc2)N2C(=O)[C@](C)(C(C)O[Si](CC)(CC)CC)[C@H]2[C@H]1C. The zero-order valence-corrected chi connectivity index (χ0v) is 39.3. The van der Waals surface area contributed by atoms with Gasteiger partial charge < -0.3 is 28.6 Å². The van der Waals surface area contributed by atoms with E-state index in [9.17, 15) is 34.4 Å². The number of ether oxygens (including phenoxy) is 3. The van der Waals surface area contributed by atoms with Gasteiger partial charge in [-0.1, -0.05) is 77.3 Å². The molecule has 0 spiro atoms.